The average molecular weight is 324 g/mol. The lowest BCUT2D eigenvalue weighted by atomic mass is 10.3. The maximum absolute atomic E-state index is 13.8. The minimum absolute atomic E-state index is 0.0186. The zero-order valence-corrected chi connectivity index (χ0v) is 12.5. The fraction of sp³-hybridized carbons (Fsp3) is 0.364. The standard InChI is InChI=1S/C11H15ClFN3O3S/c1-3-15-11(17)6(2)16-20(18,19)9-5-7(12)4-8(14)10(9)13/h4-6,16H,3,14H2,1-2H3,(H,15,17). The van der Waals surface area contributed by atoms with Gasteiger partial charge in [0, 0.05) is 11.6 Å². The molecular weight excluding hydrogens is 309 g/mol. The number of hydrogen-bond acceptors (Lipinski definition) is 4. The number of likely N-dealkylation sites (N-methyl/N-ethyl adjacent to an activating group) is 1. The van der Waals surface area contributed by atoms with Gasteiger partial charge in [0.15, 0.2) is 5.82 Å². The van der Waals surface area contributed by atoms with Crippen molar-refractivity contribution in [2.45, 2.75) is 24.8 Å². The van der Waals surface area contributed by atoms with Crippen LogP contribution < -0.4 is 15.8 Å². The fourth-order valence-corrected chi connectivity index (χ4v) is 3.08. The Hall–Kier alpha value is -1.38. The van der Waals surface area contributed by atoms with Gasteiger partial charge in [-0.05, 0) is 26.0 Å². The van der Waals surface area contributed by atoms with E-state index >= 15 is 0 Å². The van der Waals surface area contributed by atoms with Gasteiger partial charge < -0.3 is 11.1 Å². The fourth-order valence-electron chi connectivity index (χ4n) is 1.46. The van der Waals surface area contributed by atoms with Gasteiger partial charge in [-0.2, -0.15) is 4.72 Å². The summed E-state index contributed by atoms with van der Waals surface area (Å²) >= 11 is 5.66. The number of amides is 1. The van der Waals surface area contributed by atoms with Crippen LogP contribution in [0.2, 0.25) is 5.02 Å². The topological polar surface area (TPSA) is 101 Å². The van der Waals surface area contributed by atoms with Crippen LogP contribution in [0.3, 0.4) is 0 Å². The Balaban J connectivity index is 3.09. The lowest BCUT2D eigenvalue weighted by Crippen LogP contribution is -2.44. The molecule has 4 N–H and O–H groups in total. The van der Waals surface area contributed by atoms with E-state index in [4.69, 9.17) is 17.3 Å². The Morgan fingerprint density at radius 3 is 2.65 bits per heavy atom. The highest BCUT2D eigenvalue weighted by Crippen LogP contribution is 2.25. The Bertz CT molecular complexity index is 622. The number of hydrogen-bond donors (Lipinski definition) is 3. The van der Waals surface area contributed by atoms with Crippen LogP contribution in [-0.4, -0.2) is 26.9 Å². The molecule has 9 heteroatoms. The summed E-state index contributed by atoms with van der Waals surface area (Å²) < 4.78 is 39.9. The number of anilines is 1. The van der Waals surface area contributed by atoms with E-state index in [1.54, 1.807) is 6.92 Å². The Morgan fingerprint density at radius 2 is 2.10 bits per heavy atom. The van der Waals surface area contributed by atoms with Crippen LogP contribution in [-0.2, 0) is 14.8 Å². The van der Waals surface area contributed by atoms with E-state index in [2.05, 4.69) is 10.0 Å². The summed E-state index contributed by atoms with van der Waals surface area (Å²) in [4.78, 5) is 10.8. The van der Waals surface area contributed by atoms with Crippen LogP contribution in [0.1, 0.15) is 13.8 Å². The molecule has 20 heavy (non-hydrogen) atoms. The summed E-state index contributed by atoms with van der Waals surface area (Å²) in [6, 6.07) is 0.975. The number of nitrogens with two attached hydrogens (primary N) is 1. The predicted octanol–water partition coefficient (Wildman–Crippen LogP) is 0.864. The molecule has 0 fully saturated rings. The van der Waals surface area contributed by atoms with Gasteiger partial charge in [0.25, 0.3) is 0 Å². The molecule has 0 radical (unpaired) electrons. The van der Waals surface area contributed by atoms with Gasteiger partial charge in [-0.15, -0.1) is 0 Å². The Labute approximate surface area is 121 Å². The number of carbonyl (C=O) groups is 1. The first-order valence-electron chi connectivity index (χ1n) is 5.73. The molecule has 1 aromatic rings. The number of benzene rings is 1. The predicted molar refractivity (Wildman–Crippen MR) is 74.3 cm³/mol. The molecule has 1 amide bonds. The molecule has 0 aliphatic heterocycles. The molecule has 1 rings (SSSR count). The monoisotopic (exact) mass is 323 g/mol. The lowest BCUT2D eigenvalue weighted by Gasteiger charge is -2.14. The van der Waals surface area contributed by atoms with Crippen molar-refractivity contribution >= 4 is 33.2 Å². The maximum Gasteiger partial charge on any atom is 0.244 e. The molecule has 0 spiro atoms. The van der Waals surface area contributed by atoms with Gasteiger partial charge in [-0.1, -0.05) is 11.6 Å². The molecule has 0 bridgehead atoms. The van der Waals surface area contributed by atoms with Gasteiger partial charge in [0.05, 0.1) is 11.7 Å². The molecule has 0 aromatic heterocycles. The summed E-state index contributed by atoms with van der Waals surface area (Å²) in [6.07, 6.45) is 0. The SMILES string of the molecule is CCNC(=O)C(C)NS(=O)(=O)c1cc(Cl)cc(N)c1F. The first kappa shape index (κ1) is 16.7. The molecule has 6 nitrogen and oxygen atoms in total. The minimum atomic E-state index is -4.25. The normalized spacial score (nSPS) is 13.0. The van der Waals surface area contributed by atoms with E-state index < -0.39 is 32.7 Å². The number of carbonyl (C=O) groups excluding carboxylic acids is 1. The van der Waals surface area contributed by atoms with Crippen molar-refractivity contribution in [2.24, 2.45) is 0 Å². The van der Waals surface area contributed by atoms with Gasteiger partial charge >= 0.3 is 0 Å². The second-order valence-corrected chi connectivity index (χ2v) is 6.16. The minimum Gasteiger partial charge on any atom is -0.396 e. The maximum atomic E-state index is 13.8. The van der Waals surface area contributed by atoms with Gasteiger partial charge in [-0.25, -0.2) is 12.8 Å². The summed E-state index contributed by atoms with van der Waals surface area (Å²) in [6.45, 7) is 3.38. The van der Waals surface area contributed by atoms with E-state index in [1.165, 1.54) is 6.92 Å². The third-order valence-electron chi connectivity index (χ3n) is 2.40. The second-order valence-electron chi connectivity index (χ2n) is 4.04. The molecule has 0 saturated carbocycles. The van der Waals surface area contributed by atoms with Crippen LogP contribution in [0.15, 0.2) is 17.0 Å². The lowest BCUT2D eigenvalue weighted by molar-refractivity contribution is -0.122. The average Bonchev–Trinajstić information content (AvgIpc) is 2.33. The van der Waals surface area contributed by atoms with Gasteiger partial charge in [0.1, 0.15) is 4.90 Å². The van der Waals surface area contributed by atoms with Crippen LogP contribution in [0.5, 0.6) is 0 Å². The zero-order chi connectivity index (χ0) is 15.5. The van der Waals surface area contributed by atoms with Crippen LogP contribution >= 0.6 is 11.6 Å². The molecule has 1 aromatic carbocycles. The van der Waals surface area contributed by atoms with Crippen LogP contribution in [0.4, 0.5) is 10.1 Å². The largest absolute Gasteiger partial charge is 0.396 e. The molecule has 0 saturated heterocycles. The number of rotatable bonds is 5. The summed E-state index contributed by atoms with van der Waals surface area (Å²) in [5.41, 5.74) is 4.94. The molecule has 0 aliphatic carbocycles. The van der Waals surface area contributed by atoms with Crippen molar-refractivity contribution < 1.29 is 17.6 Å². The van der Waals surface area contributed by atoms with Crippen LogP contribution in [0.25, 0.3) is 0 Å². The first-order valence-corrected chi connectivity index (χ1v) is 7.59. The van der Waals surface area contributed by atoms with Crippen molar-refractivity contribution in [2.75, 3.05) is 12.3 Å². The first-order chi connectivity index (χ1) is 9.19. The smallest absolute Gasteiger partial charge is 0.244 e. The molecule has 0 aliphatic rings. The van der Waals surface area contributed by atoms with E-state index in [-0.39, 0.29) is 10.7 Å². The second kappa shape index (κ2) is 6.38. The van der Waals surface area contributed by atoms with Gasteiger partial charge in [0.2, 0.25) is 15.9 Å². The molecule has 0 heterocycles. The summed E-state index contributed by atoms with van der Waals surface area (Å²) in [7, 11) is -4.25. The third-order valence-corrected chi connectivity index (χ3v) is 4.16. The molecule has 112 valence electrons. The van der Waals surface area contributed by atoms with E-state index in [0.717, 1.165) is 12.1 Å². The van der Waals surface area contributed by atoms with Crippen LogP contribution in [0, 0.1) is 5.82 Å². The Morgan fingerprint density at radius 1 is 1.50 bits per heavy atom. The van der Waals surface area contributed by atoms with Crippen molar-refractivity contribution in [3.63, 3.8) is 0 Å². The number of nitrogen functional groups attached to an aromatic ring is 1. The highest BCUT2D eigenvalue weighted by Gasteiger charge is 2.26. The zero-order valence-electron chi connectivity index (χ0n) is 10.9. The number of halogens is 2. The highest BCUT2D eigenvalue weighted by molar-refractivity contribution is 7.89. The third kappa shape index (κ3) is 3.81. The Kier molecular flexibility index (Phi) is 5.32. The van der Waals surface area contributed by atoms with Crippen molar-refractivity contribution in [1.29, 1.82) is 0 Å². The molecular formula is C11H15ClFN3O3S. The van der Waals surface area contributed by atoms with Gasteiger partial charge in [-0.3, -0.25) is 4.79 Å². The summed E-state index contributed by atoms with van der Waals surface area (Å²) in [5, 5.41) is 2.43. The quantitative estimate of drug-likeness (QED) is 0.700. The van der Waals surface area contributed by atoms with E-state index in [1.807, 2.05) is 0 Å². The van der Waals surface area contributed by atoms with Crippen molar-refractivity contribution in [1.82, 2.24) is 10.0 Å². The summed E-state index contributed by atoms with van der Waals surface area (Å²) in [5.74, 6) is -1.63. The number of sulfonamides is 1. The molecule has 1 unspecified atom stereocenters. The highest BCUT2D eigenvalue weighted by atomic mass is 35.5. The van der Waals surface area contributed by atoms with Crippen molar-refractivity contribution in [3.8, 4) is 0 Å². The van der Waals surface area contributed by atoms with E-state index in [9.17, 15) is 17.6 Å². The number of nitrogens with one attached hydrogen (secondary N) is 2. The molecule has 1 atom stereocenters. The van der Waals surface area contributed by atoms with E-state index in [0.29, 0.717) is 6.54 Å². The van der Waals surface area contributed by atoms with Crippen molar-refractivity contribution in [3.05, 3.63) is 23.0 Å².